The summed E-state index contributed by atoms with van der Waals surface area (Å²) in [4.78, 5) is 32.3. The minimum Gasteiger partial charge on any atom is -0.360 e. The number of pyridine rings is 1. The zero-order valence-electron chi connectivity index (χ0n) is 18.6. The van der Waals surface area contributed by atoms with Crippen molar-refractivity contribution in [2.45, 2.75) is 27.3 Å². The Hall–Kier alpha value is -4.26. The molecule has 4 heterocycles. The molecule has 0 N–H and O–H groups in total. The van der Waals surface area contributed by atoms with Gasteiger partial charge in [-0.3, -0.25) is 24.0 Å². The van der Waals surface area contributed by atoms with Gasteiger partial charge < -0.3 is 4.52 Å². The third-order valence-electron chi connectivity index (χ3n) is 5.83. The molecule has 1 aliphatic rings. The highest BCUT2D eigenvalue weighted by Gasteiger charge is 2.35. The van der Waals surface area contributed by atoms with Crippen LogP contribution in [0.2, 0.25) is 0 Å². The molecule has 33 heavy (non-hydrogen) atoms. The van der Waals surface area contributed by atoms with Gasteiger partial charge in [0.2, 0.25) is 0 Å². The van der Waals surface area contributed by atoms with Crippen LogP contribution in [0.4, 0.5) is 0 Å². The second-order valence-corrected chi connectivity index (χ2v) is 8.08. The van der Waals surface area contributed by atoms with Crippen LogP contribution in [0.25, 0.3) is 17.5 Å². The Labute approximate surface area is 191 Å². The van der Waals surface area contributed by atoms with Crippen molar-refractivity contribution < 1.29 is 14.1 Å². The second kappa shape index (κ2) is 8.02. The Bertz CT molecular complexity index is 1410. The summed E-state index contributed by atoms with van der Waals surface area (Å²) in [5.41, 5.74) is 5.01. The lowest BCUT2D eigenvalue weighted by atomic mass is 9.92. The molecule has 0 spiro atoms. The van der Waals surface area contributed by atoms with Gasteiger partial charge in [0.25, 0.3) is 11.8 Å². The maximum atomic E-state index is 13.6. The van der Waals surface area contributed by atoms with E-state index in [9.17, 15) is 9.59 Å². The summed E-state index contributed by atoms with van der Waals surface area (Å²) in [6.07, 6.45) is 3.50. The average molecular weight is 438 g/mol. The van der Waals surface area contributed by atoms with Crippen molar-refractivity contribution in [3.63, 3.8) is 0 Å². The molecular formula is C26H22N4O3. The quantitative estimate of drug-likeness (QED) is 0.346. The SMILES string of the molecule is Cc1cc(-n2c(C)cc(/C=C3\C(=O)N(Cc4ccccn4)C(=O)c4ccccc43)c2C)no1. The number of rotatable bonds is 4. The maximum Gasteiger partial charge on any atom is 0.261 e. The predicted octanol–water partition coefficient (Wildman–Crippen LogP) is 4.51. The summed E-state index contributed by atoms with van der Waals surface area (Å²) in [6, 6.07) is 16.5. The molecule has 0 saturated carbocycles. The number of benzene rings is 1. The lowest BCUT2D eigenvalue weighted by Crippen LogP contribution is -2.41. The monoisotopic (exact) mass is 438 g/mol. The smallest absolute Gasteiger partial charge is 0.261 e. The molecule has 0 unspecified atom stereocenters. The Morgan fingerprint density at radius 2 is 1.70 bits per heavy atom. The number of aromatic nitrogens is 3. The first-order valence-electron chi connectivity index (χ1n) is 10.6. The van der Waals surface area contributed by atoms with Gasteiger partial charge in [0.1, 0.15) is 5.76 Å². The molecular weight excluding hydrogens is 416 g/mol. The summed E-state index contributed by atoms with van der Waals surface area (Å²) >= 11 is 0. The molecule has 5 rings (SSSR count). The first-order valence-corrected chi connectivity index (χ1v) is 10.6. The number of imide groups is 1. The van der Waals surface area contributed by atoms with Crippen molar-refractivity contribution in [1.29, 1.82) is 0 Å². The largest absolute Gasteiger partial charge is 0.360 e. The Kier molecular flexibility index (Phi) is 5.01. The van der Waals surface area contributed by atoms with Crippen molar-refractivity contribution in [2.24, 2.45) is 0 Å². The first kappa shape index (κ1) is 20.6. The van der Waals surface area contributed by atoms with Crippen LogP contribution < -0.4 is 0 Å². The molecule has 2 amide bonds. The summed E-state index contributed by atoms with van der Waals surface area (Å²) in [7, 11) is 0. The molecule has 3 aromatic heterocycles. The normalized spacial score (nSPS) is 14.8. The summed E-state index contributed by atoms with van der Waals surface area (Å²) in [5, 5.41) is 4.13. The van der Waals surface area contributed by atoms with Crippen molar-refractivity contribution in [3.8, 4) is 5.82 Å². The minimum atomic E-state index is -0.341. The fourth-order valence-electron chi connectivity index (χ4n) is 4.24. The average Bonchev–Trinajstić information content (AvgIpc) is 3.36. The molecule has 0 aliphatic carbocycles. The molecule has 0 saturated heterocycles. The Balaban J connectivity index is 1.62. The van der Waals surface area contributed by atoms with E-state index in [4.69, 9.17) is 4.52 Å². The van der Waals surface area contributed by atoms with Crippen LogP contribution in [0, 0.1) is 20.8 Å². The number of nitrogens with zero attached hydrogens (tertiary/aromatic N) is 4. The van der Waals surface area contributed by atoms with Gasteiger partial charge in [-0.25, -0.2) is 0 Å². The van der Waals surface area contributed by atoms with Crippen molar-refractivity contribution in [2.75, 3.05) is 0 Å². The number of fused-ring (bicyclic) bond motifs is 1. The highest BCUT2D eigenvalue weighted by atomic mass is 16.5. The maximum absolute atomic E-state index is 13.6. The van der Waals surface area contributed by atoms with E-state index in [-0.39, 0.29) is 18.4 Å². The van der Waals surface area contributed by atoms with Gasteiger partial charge in [-0.05, 0) is 62.2 Å². The number of hydrogen-bond acceptors (Lipinski definition) is 5. The van der Waals surface area contributed by atoms with Crippen LogP contribution in [-0.2, 0) is 11.3 Å². The molecule has 1 aromatic carbocycles. The fraction of sp³-hybridized carbons (Fsp3) is 0.154. The summed E-state index contributed by atoms with van der Waals surface area (Å²) < 4.78 is 7.23. The van der Waals surface area contributed by atoms with Crippen LogP contribution in [0.1, 0.15) is 44.3 Å². The molecule has 4 aromatic rings. The molecule has 164 valence electrons. The highest BCUT2D eigenvalue weighted by molar-refractivity contribution is 6.33. The van der Waals surface area contributed by atoms with E-state index in [0.29, 0.717) is 28.2 Å². The van der Waals surface area contributed by atoms with Gasteiger partial charge in [-0.15, -0.1) is 0 Å². The van der Waals surface area contributed by atoms with Crippen LogP contribution >= 0.6 is 0 Å². The van der Waals surface area contributed by atoms with Gasteiger partial charge >= 0.3 is 0 Å². The van der Waals surface area contributed by atoms with Crippen molar-refractivity contribution in [3.05, 3.63) is 100 Å². The minimum absolute atomic E-state index is 0.113. The summed E-state index contributed by atoms with van der Waals surface area (Å²) in [6.45, 7) is 5.91. The van der Waals surface area contributed by atoms with Crippen LogP contribution in [0.5, 0.6) is 0 Å². The van der Waals surface area contributed by atoms with Crippen LogP contribution in [0.3, 0.4) is 0 Å². The van der Waals surface area contributed by atoms with Gasteiger partial charge in [0.15, 0.2) is 5.82 Å². The molecule has 0 bridgehead atoms. The Morgan fingerprint density at radius 1 is 0.939 bits per heavy atom. The zero-order valence-corrected chi connectivity index (χ0v) is 18.6. The predicted molar refractivity (Wildman–Crippen MR) is 123 cm³/mol. The number of carbonyl (C=O) groups is 2. The highest BCUT2D eigenvalue weighted by Crippen LogP contribution is 2.32. The number of hydrogen-bond donors (Lipinski definition) is 0. The van der Waals surface area contributed by atoms with Crippen molar-refractivity contribution in [1.82, 2.24) is 19.6 Å². The van der Waals surface area contributed by atoms with E-state index in [1.165, 1.54) is 4.90 Å². The second-order valence-electron chi connectivity index (χ2n) is 8.08. The summed E-state index contributed by atoms with van der Waals surface area (Å²) in [5.74, 6) is 0.750. The van der Waals surface area contributed by atoms with E-state index in [0.717, 1.165) is 22.7 Å². The number of carbonyl (C=O) groups excluding carboxylic acids is 2. The first-order chi connectivity index (χ1) is 15.9. The lowest BCUT2D eigenvalue weighted by Gasteiger charge is -2.28. The topological polar surface area (TPSA) is 81.2 Å². The van der Waals surface area contributed by atoms with Gasteiger partial charge in [0, 0.05) is 34.8 Å². The lowest BCUT2D eigenvalue weighted by molar-refractivity contribution is -0.123. The third-order valence-corrected chi connectivity index (χ3v) is 5.83. The third kappa shape index (κ3) is 3.57. The zero-order chi connectivity index (χ0) is 23.1. The van der Waals surface area contributed by atoms with Gasteiger partial charge in [-0.1, -0.05) is 29.4 Å². The van der Waals surface area contributed by atoms with E-state index >= 15 is 0 Å². The van der Waals surface area contributed by atoms with E-state index in [2.05, 4.69) is 10.1 Å². The van der Waals surface area contributed by atoms with Crippen molar-refractivity contribution >= 4 is 23.5 Å². The Morgan fingerprint density at radius 3 is 2.39 bits per heavy atom. The molecule has 7 nitrogen and oxygen atoms in total. The fourth-order valence-corrected chi connectivity index (χ4v) is 4.24. The molecule has 7 heteroatoms. The molecule has 0 radical (unpaired) electrons. The molecule has 0 atom stereocenters. The molecule has 0 fully saturated rings. The van der Waals surface area contributed by atoms with Gasteiger partial charge in [-0.2, -0.15) is 0 Å². The van der Waals surface area contributed by atoms with Crippen LogP contribution in [0.15, 0.2) is 65.3 Å². The molecule has 1 aliphatic heterocycles. The standard InChI is InChI=1S/C26H22N4O3/c1-16-12-19(18(3)30(16)24-13-17(2)33-28-24)14-23-21-9-4-5-10-22(21)25(31)29(26(23)32)15-20-8-6-7-11-27-20/h4-14H,15H2,1-3H3/b23-14-. The van der Waals surface area contributed by atoms with Crippen LogP contribution in [-0.4, -0.2) is 31.4 Å². The number of amides is 2. The van der Waals surface area contributed by atoms with E-state index < -0.39 is 0 Å². The van der Waals surface area contributed by atoms with Gasteiger partial charge in [0.05, 0.1) is 12.2 Å². The number of aryl methyl sites for hydroxylation is 2. The van der Waals surface area contributed by atoms with E-state index in [1.54, 1.807) is 24.4 Å². The van der Waals surface area contributed by atoms with E-state index in [1.807, 2.05) is 67.8 Å².